The molecular formula is C33H37ClF3N7O5. The summed E-state index contributed by atoms with van der Waals surface area (Å²) in [6.45, 7) is 9.35. The highest BCUT2D eigenvalue weighted by atomic mass is 35.5. The average molecular weight is 704 g/mol. The molecule has 1 atom stereocenters. The van der Waals surface area contributed by atoms with Crippen LogP contribution in [0, 0.1) is 0 Å². The molecule has 262 valence electrons. The number of halogens is 4. The lowest BCUT2D eigenvalue weighted by atomic mass is 10.1. The summed E-state index contributed by atoms with van der Waals surface area (Å²) in [6, 6.07) is 8.52. The molecule has 1 fully saturated rings. The Morgan fingerprint density at radius 3 is 2.45 bits per heavy atom. The third kappa shape index (κ3) is 7.19. The topological polar surface area (TPSA) is 126 Å². The molecule has 0 aliphatic carbocycles. The van der Waals surface area contributed by atoms with Gasteiger partial charge in [-0.25, -0.2) is 4.79 Å². The van der Waals surface area contributed by atoms with Crippen LogP contribution in [0.1, 0.15) is 50.1 Å². The van der Waals surface area contributed by atoms with Gasteiger partial charge in [0.25, 0.3) is 5.56 Å². The van der Waals surface area contributed by atoms with Crippen molar-refractivity contribution >= 4 is 34.8 Å². The first-order valence-electron chi connectivity index (χ1n) is 15.9. The number of anilines is 2. The Morgan fingerprint density at radius 1 is 1.08 bits per heavy atom. The quantitative estimate of drug-likeness (QED) is 0.246. The minimum Gasteiger partial charge on any atom is -0.444 e. The smallest absolute Gasteiger partial charge is 0.416 e. The second kappa shape index (κ2) is 13.2. The fourth-order valence-electron chi connectivity index (χ4n) is 6.03. The lowest BCUT2D eigenvalue weighted by Crippen LogP contribution is -2.51. The number of hydrogen-bond donors (Lipinski definition) is 2. The summed E-state index contributed by atoms with van der Waals surface area (Å²) < 4.78 is 53.6. The number of nitrogens with zero attached hydrogens (tertiary/aromatic N) is 6. The Labute approximate surface area is 285 Å². The molecule has 1 saturated heterocycles. The van der Waals surface area contributed by atoms with Gasteiger partial charge in [0, 0.05) is 37.4 Å². The van der Waals surface area contributed by atoms with Crippen molar-refractivity contribution in [3.05, 3.63) is 74.2 Å². The minimum absolute atomic E-state index is 0.0956. The van der Waals surface area contributed by atoms with E-state index >= 15 is 0 Å². The first-order valence-corrected chi connectivity index (χ1v) is 16.3. The molecule has 2 aliphatic heterocycles. The molecule has 12 nitrogen and oxygen atoms in total. The highest BCUT2D eigenvalue weighted by Crippen LogP contribution is 2.34. The van der Waals surface area contributed by atoms with Crippen LogP contribution in [0.25, 0.3) is 17.2 Å². The molecule has 0 radical (unpaired) electrons. The second-order valence-electron chi connectivity index (χ2n) is 13.0. The van der Waals surface area contributed by atoms with E-state index in [9.17, 15) is 27.9 Å². The number of carbonyl (C=O) groups is 1. The first-order chi connectivity index (χ1) is 23.1. The zero-order valence-corrected chi connectivity index (χ0v) is 28.2. The van der Waals surface area contributed by atoms with Crippen LogP contribution in [-0.2, 0) is 41.8 Å². The Bertz CT molecular complexity index is 1950. The van der Waals surface area contributed by atoms with E-state index < -0.39 is 35.2 Å². The maximum Gasteiger partial charge on any atom is 0.416 e. The van der Waals surface area contributed by atoms with Crippen molar-refractivity contribution in [3.63, 3.8) is 0 Å². The number of aromatic nitrogens is 4. The summed E-state index contributed by atoms with van der Waals surface area (Å²) >= 11 is 6.16. The lowest BCUT2D eigenvalue weighted by Gasteiger charge is -2.37. The van der Waals surface area contributed by atoms with Crippen molar-refractivity contribution in [2.75, 3.05) is 36.4 Å². The molecule has 1 unspecified atom stereocenters. The third-order valence-electron chi connectivity index (χ3n) is 8.36. The molecule has 16 heteroatoms. The molecule has 2 aromatic heterocycles. The Hall–Kier alpha value is -4.34. The van der Waals surface area contributed by atoms with E-state index in [0.29, 0.717) is 68.6 Å². The average Bonchev–Trinajstić information content (AvgIpc) is 3.70. The van der Waals surface area contributed by atoms with Crippen LogP contribution in [0.15, 0.2) is 41.2 Å². The molecule has 1 amide bonds. The number of amides is 1. The molecule has 4 aromatic rings. The zero-order chi connectivity index (χ0) is 35.2. The standard InChI is InChI=1S/C33H37ClF3N7O5/c1-5-25-27(41-10-12-42(13-11-41)31(47)49-32(2,3)4)29(46)44-30(39-28(40-44)19-6-7-20-17-48-18-21(20)14-19)43(25)16-26(45)38-24-9-8-22(15-23(24)34)33(35,36)37/h6-9,14-15,26,38,45H,5,10-13,16-18H2,1-4H3. The molecule has 49 heavy (non-hydrogen) atoms. The summed E-state index contributed by atoms with van der Waals surface area (Å²) in [5, 5.41) is 18.4. The van der Waals surface area contributed by atoms with Gasteiger partial charge in [0.1, 0.15) is 17.5 Å². The van der Waals surface area contributed by atoms with Crippen molar-refractivity contribution in [3.8, 4) is 11.4 Å². The van der Waals surface area contributed by atoms with Crippen molar-refractivity contribution in [1.29, 1.82) is 0 Å². The number of hydrogen-bond acceptors (Lipinski definition) is 9. The number of ether oxygens (including phenoxy) is 2. The molecule has 2 aromatic carbocycles. The molecular weight excluding hydrogens is 667 g/mol. The van der Waals surface area contributed by atoms with E-state index in [0.717, 1.165) is 29.3 Å². The Balaban J connectivity index is 1.38. The minimum atomic E-state index is -4.58. The molecule has 0 bridgehead atoms. The second-order valence-corrected chi connectivity index (χ2v) is 13.4. The van der Waals surface area contributed by atoms with Crippen LogP contribution in [0.4, 0.5) is 29.3 Å². The van der Waals surface area contributed by atoms with E-state index in [4.69, 9.17) is 26.1 Å². The molecule has 0 saturated carbocycles. The predicted molar refractivity (Wildman–Crippen MR) is 177 cm³/mol. The lowest BCUT2D eigenvalue weighted by molar-refractivity contribution is -0.137. The largest absolute Gasteiger partial charge is 0.444 e. The maximum atomic E-state index is 14.2. The van der Waals surface area contributed by atoms with Crippen molar-refractivity contribution in [1.82, 2.24) is 24.1 Å². The van der Waals surface area contributed by atoms with E-state index in [1.54, 1.807) is 30.2 Å². The van der Waals surface area contributed by atoms with Gasteiger partial charge in [-0.3, -0.25) is 4.79 Å². The summed E-state index contributed by atoms with van der Waals surface area (Å²) in [4.78, 5) is 35.2. The monoisotopic (exact) mass is 703 g/mol. The summed E-state index contributed by atoms with van der Waals surface area (Å²) in [5.41, 5.74) is 1.75. The molecule has 4 heterocycles. The normalized spacial score (nSPS) is 15.9. The maximum absolute atomic E-state index is 14.2. The van der Waals surface area contributed by atoms with Gasteiger partial charge >= 0.3 is 12.3 Å². The van der Waals surface area contributed by atoms with Crippen molar-refractivity contribution in [2.24, 2.45) is 0 Å². The van der Waals surface area contributed by atoms with E-state index in [1.807, 2.05) is 30.0 Å². The van der Waals surface area contributed by atoms with Crippen LogP contribution < -0.4 is 15.8 Å². The van der Waals surface area contributed by atoms with Gasteiger partial charge in [-0.05, 0) is 62.6 Å². The summed E-state index contributed by atoms with van der Waals surface area (Å²) in [6.07, 6.45) is -6.02. The number of fused-ring (bicyclic) bond motifs is 2. The highest BCUT2D eigenvalue weighted by Gasteiger charge is 2.32. The van der Waals surface area contributed by atoms with Crippen LogP contribution in [-0.4, -0.2) is 73.3 Å². The van der Waals surface area contributed by atoms with Gasteiger partial charge in [-0.2, -0.15) is 22.7 Å². The van der Waals surface area contributed by atoms with Crippen LogP contribution >= 0.6 is 11.6 Å². The summed E-state index contributed by atoms with van der Waals surface area (Å²) in [7, 11) is 0. The molecule has 0 spiro atoms. The predicted octanol–water partition coefficient (Wildman–Crippen LogP) is 5.31. The number of piperazine rings is 1. The third-order valence-corrected chi connectivity index (χ3v) is 8.67. The van der Waals surface area contributed by atoms with E-state index in [1.165, 1.54) is 4.52 Å². The summed E-state index contributed by atoms with van der Waals surface area (Å²) in [5.74, 6) is 0.465. The number of aliphatic hydroxyl groups excluding tert-OH is 1. The zero-order valence-electron chi connectivity index (χ0n) is 27.5. The SMILES string of the molecule is CCc1c(N2CCN(C(=O)OC(C)(C)C)CC2)c(=O)n2nc(-c3ccc4c(c3)COC4)nc2n1CC(O)Nc1ccc(C(F)(F)F)cc1Cl. The van der Waals surface area contributed by atoms with E-state index in [-0.39, 0.29) is 23.0 Å². The molecule has 2 N–H and O–H groups in total. The van der Waals surface area contributed by atoms with Gasteiger partial charge in [0.05, 0.1) is 36.0 Å². The number of benzene rings is 2. The number of aliphatic hydroxyl groups is 1. The van der Waals surface area contributed by atoms with Crippen LogP contribution in [0.2, 0.25) is 5.02 Å². The van der Waals surface area contributed by atoms with Gasteiger partial charge in [-0.15, -0.1) is 5.10 Å². The molecule has 2 aliphatic rings. The molecule has 6 rings (SSSR count). The fraction of sp³-hybridized carbons (Fsp3) is 0.455. The van der Waals surface area contributed by atoms with Crippen LogP contribution in [0.3, 0.4) is 0 Å². The number of alkyl halides is 3. The highest BCUT2D eigenvalue weighted by molar-refractivity contribution is 6.33. The number of nitrogens with one attached hydrogen (secondary N) is 1. The van der Waals surface area contributed by atoms with Gasteiger partial charge in [-0.1, -0.05) is 30.7 Å². The number of rotatable bonds is 7. The van der Waals surface area contributed by atoms with Crippen molar-refractivity contribution in [2.45, 2.75) is 71.9 Å². The first kappa shape index (κ1) is 34.5. The van der Waals surface area contributed by atoms with Gasteiger partial charge < -0.3 is 34.3 Å². The van der Waals surface area contributed by atoms with Crippen molar-refractivity contribution < 1.29 is 32.5 Å². The van der Waals surface area contributed by atoms with Crippen LogP contribution in [0.5, 0.6) is 0 Å². The fourth-order valence-corrected chi connectivity index (χ4v) is 6.27. The Morgan fingerprint density at radius 2 is 1.80 bits per heavy atom. The van der Waals surface area contributed by atoms with E-state index in [2.05, 4.69) is 10.4 Å². The Kier molecular flexibility index (Phi) is 9.28. The number of carbonyl (C=O) groups excluding carboxylic acids is 1. The van der Waals surface area contributed by atoms with Gasteiger partial charge in [0.2, 0.25) is 5.78 Å². The van der Waals surface area contributed by atoms with Gasteiger partial charge in [0.15, 0.2) is 5.82 Å².